The Kier molecular flexibility index (Phi) is 8.65. The highest BCUT2D eigenvalue weighted by Crippen LogP contribution is 2.50. The summed E-state index contributed by atoms with van der Waals surface area (Å²) in [5.41, 5.74) is 19.8. The minimum Gasteiger partial charge on any atom is -0.455 e. The number of fused-ring (bicyclic) bond motifs is 11. The largest absolute Gasteiger partial charge is 0.455 e. The average molecular weight is 867 g/mol. The van der Waals surface area contributed by atoms with Gasteiger partial charge in [-0.3, -0.25) is 0 Å². The Bertz CT molecular complexity index is 4020. The molecule has 13 aromatic rings. The average Bonchev–Trinajstić information content (AvgIpc) is 4.07. The lowest BCUT2D eigenvalue weighted by Gasteiger charge is -2.29. The van der Waals surface area contributed by atoms with E-state index in [0.29, 0.717) is 0 Å². The van der Waals surface area contributed by atoms with Crippen LogP contribution in [0.1, 0.15) is 22.6 Å². The monoisotopic (exact) mass is 866 g/mol. The molecule has 0 amide bonds. The van der Waals surface area contributed by atoms with Crippen molar-refractivity contribution in [3.63, 3.8) is 0 Å². The van der Waals surface area contributed by atoms with Crippen LogP contribution in [-0.4, -0.2) is 4.57 Å². The summed E-state index contributed by atoms with van der Waals surface area (Å²) >= 11 is 0. The van der Waals surface area contributed by atoms with Crippen LogP contribution < -0.4 is 4.90 Å². The Balaban J connectivity index is 0.938. The van der Waals surface area contributed by atoms with Crippen molar-refractivity contribution in [1.82, 2.24) is 4.57 Å². The summed E-state index contributed by atoms with van der Waals surface area (Å²) in [6.07, 6.45) is 0. The van der Waals surface area contributed by atoms with E-state index in [1.807, 2.05) is 0 Å². The van der Waals surface area contributed by atoms with Crippen molar-refractivity contribution >= 4 is 71.6 Å². The number of furan rings is 1. The van der Waals surface area contributed by atoms with Gasteiger partial charge in [-0.15, -0.1) is 0 Å². The number of anilines is 3. The van der Waals surface area contributed by atoms with Crippen LogP contribution >= 0.6 is 0 Å². The van der Waals surface area contributed by atoms with Crippen LogP contribution in [0.25, 0.3) is 93.6 Å². The van der Waals surface area contributed by atoms with E-state index in [1.165, 1.54) is 60.6 Å². The number of nitrogens with zero attached hydrogens (tertiary/aromatic N) is 2. The van der Waals surface area contributed by atoms with Crippen LogP contribution in [0, 0.1) is 0 Å². The van der Waals surface area contributed by atoms with E-state index in [9.17, 15) is 0 Å². The van der Waals surface area contributed by atoms with Crippen molar-refractivity contribution < 1.29 is 4.42 Å². The van der Waals surface area contributed by atoms with Gasteiger partial charge in [0.15, 0.2) is 0 Å². The van der Waals surface area contributed by atoms with E-state index >= 15 is 0 Å². The van der Waals surface area contributed by atoms with Crippen molar-refractivity contribution in [2.24, 2.45) is 0 Å². The van der Waals surface area contributed by atoms with Gasteiger partial charge in [-0.2, -0.15) is 0 Å². The van der Waals surface area contributed by atoms with Crippen LogP contribution in [0.15, 0.2) is 253 Å². The molecule has 0 N–H and O–H groups in total. The molecule has 2 heterocycles. The number of rotatable bonds is 7. The summed E-state index contributed by atoms with van der Waals surface area (Å²) in [6, 6.07) is 90.8. The maximum absolute atomic E-state index is 6.59. The molecular weight excluding hydrogens is 825 g/mol. The van der Waals surface area contributed by atoms with E-state index in [0.717, 1.165) is 66.8 Å². The topological polar surface area (TPSA) is 21.3 Å². The van der Waals surface area contributed by atoms with Crippen molar-refractivity contribution in [1.29, 1.82) is 0 Å². The third-order valence-electron chi connectivity index (χ3n) is 14.3. The predicted molar refractivity (Wildman–Crippen MR) is 284 cm³/mol. The van der Waals surface area contributed by atoms with Gasteiger partial charge in [0.1, 0.15) is 11.2 Å². The first-order valence-electron chi connectivity index (χ1n) is 23.4. The Morgan fingerprint density at radius 3 is 1.72 bits per heavy atom. The molecular formula is C65H42N2O. The molecule has 11 aromatic carbocycles. The molecule has 0 aliphatic heterocycles. The van der Waals surface area contributed by atoms with Crippen molar-refractivity contribution in [2.75, 3.05) is 4.90 Å². The molecule has 0 atom stereocenters. The van der Waals surface area contributed by atoms with E-state index in [2.05, 4.69) is 258 Å². The number of hydrogen-bond acceptors (Lipinski definition) is 2. The second-order valence-corrected chi connectivity index (χ2v) is 18.0. The molecule has 14 rings (SSSR count). The number of hydrogen-bond donors (Lipinski definition) is 0. The zero-order valence-corrected chi connectivity index (χ0v) is 37.1. The highest BCUT2D eigenvalue weighted by Gasteiger charge is 2.30. The summed E-state index contributed by atoms with van der Waals surface area (Å²) in [5.74, 6) is 0.118. The maximum Gasteiger partial charge on any atom is 0.143 e. The third-order valence-corrected chi connectivity index (χ3v) is 14.3. The SMILES string of the molecule is c1cc(C2c3ccccc3-c3ccccc32)cc(N(c2ccc(-c3ccccc3-n3c4ccccc4c4ccccc43)cc2)c2ccccc2-c2ccc3oc4c5ccccc5ccc4c3c2)c1. The molecule has 0 bridgehead atoms. The molecule has 0 fully saturated rings. The normalized spacial score (nSPS) is 12.4. The summed E-state index contributed by atoms with van der Waals surface area (Å²) in [7, 11) is 0. The van der Waals surface area contributed by atoms with Gasteiger partial charge in [-0.25, -0.2) is 0 Å². The van der Waals surface area contributed by atoms with Crippen molar-refractivity contribution in [2.45, 2.75) is 5.92 Å². The van der Waals surface area contributed by atoms with E-state index < -0.39 is 0 Å². The highest BCUT2D eigenvalue weighted by molar-refractivity contribution is 6.16. The summed E-state index contributed by atoms with van der Waals surface area (Å²) in [6.45, 7) is 0. The first kappa shape index (κ1) is 38.4. The second-order valence-electron chi connectivity index (χ2n) is 18.0. The summed E-state index contributed by atoms with van der Waals surface area (Å²) in [4.78, 5) is 2.44. The smallest absolute Gasteiger partial charge is 0.143 e. The molecule has 3 nitrogen and oxygen atoms in total. The fourth-order valence-corrected chi connectivity index (χ4v) is 11.3. The van der Waals surface area contributed by atoms with Crippen LogP contribution in [-0.2, 0) is 0 Å². The molecule has 0 saturated carbocycles. The van der Waals surface area contributed by atoms with Crippen LogP contribution in [0.5, 0.6) is 0 Å². The zero-order chi connectivity index (χ0) is 44.7. The lowest BCUT2D eigenvalue weighted by Crippen LogP contribution is -2.12. The molecule has 3 heteroatoms. The molecule has 0 radical (unpaired) electrons. The Morgan fingerprint density at radius 1 is 0.368 bits per heavy atom. The van der Waals surface area contributed by atoms with Gasteiger partial charge in [0.25, 0.3) is 0 Å². The predicted octanol–water partition coefficient (Wildman–Crippen LogP) is 17.8. The second kappa shape index (κ2) is 15.3. The fourth-order valence-electron chi connectivity index (χ4n) is 11.3. The molecule has 0 spiro atoms. The summed E-state index contributed by atoms with van der Waals surface area (Å²) < 4.78 is 9.02. The molecule has 318 valence electrons. The van der Waals surface area contributed by atoms with Gasteiger partial charge >= 0.3 is 0 Å². The molecule has 1 aliphatic carbocycles. The molecule has 2 aromatic heterocycles. The number of benzene rings is 11. The lowest BCUT2D eigenvalue weighted by atomic mass is 9.89. The van der Waals surface area contributed by atoms with Crippen LogP contribution in [0.4, 0.5) is 17.1 Å². The van der Waals surface area contributed by atoms with Crippen molar-refractivity contribution in [3.05, 3.63) is 265 Å². The maximum atomic E-state index is 6.59. The summed E-state index contributed by atoms with van der Waals surface area (Å²) in [5, 5.41) is 7.04. The highest BCUT2D eigenvalue weighted by atomic mass is 16.3. The van der Waals surface area contributed by atoms with Crippen molar-refractivity contribution in [3.8, 4) is 39.1 Å². The number of aromatic nitrogens is 1. The van der Waals surface area contributed by atoms with Crippen LogP contribution in [0.2, 0.25) is 0 Å². The van der Waals surface area contributed by atoms with E-state index in [-0.39, 0.29) is 5.92 Å². The quantitative estimate of drug-likeness (QED) is 0.159. The van der Waals surface area contributed by atoms with Crippen LogP contribution in [0.3, 0.4) is 0 Å². The Labute approximate surface area is 394 Å². The Morgan fingerprint density at radius 2 is 0.971 bits per heavy atom. The fraction of sp³-hybridized carbons (Fsp3) is 0.0154. The number of para-hydroxylation sites is 4. The zero-order valence-electron chi connectivity index (χ0n) is 37.1. The molecule has 0 saturated heterocycles. The Hall–Kier alpha value is -8.92. The third kappa shape index (κ3) is 5.92. The van der Waals surface area contributed by atoms with Gasteiger partial charge in [0, 0.05) is 55.4 Å². The molecule has 0 unspecified atom stereocenters. The minimum absolute atomic E-state index is 0.118. The van der Waals surface area contributed by atoms with E-state index in [1.54, 1.807) is 0 Å². The van der Waals surface area contributed by atoms with Gasteiger partial charge < -0.3 is 13.9 Å². The standard InChI is InChI=1S/C65H42N2O/c1-2-21-50-42(16-1)34-38-57-58-41-44(35-39-63(58)68-65(50)57)49-20-8-11-28-59(49)66(47-18-15-17-45(40-47)64-55-26-5-3-22-51(55)52-23-4-6-27-56(52)64)46-36-32-43(33-37-46)48-19-7-12-29-60(48)67-61-30-13-9-24-53(61)54-25-10-14-31-62(54)67/h1-41,64H. The first-order valence-corrected chi connectivity index (χ1v) is 23.4. The van der Waals surface area contributed by atoms with Gasteiger partial charge in [-0.05, 0) is 111 Å². The minimum atomic E-state index is 0.118. The van der Waals surface area contributed by atoms with Gasteiger partial charge in [0.2, 0.25) is 0 Å². The first-order chi connectivity index (χ1) is 33.7. The lowest BCUT2D eigenvalue weighted by molar-refractivity contribution is 0.672. The van der Waals surface area contributed by atoms with Gasteiger partial charge in [-0.1, -0.05) is 182 Å². The molecule has 68 heavy (non-hydrogen) atoms. The van der Waals surface area contributed by atoms with Gasteiger partial charge in [0.05, 0.1) is 22.4 Å². The molecule has 1 aliphatic rings. The van der Waals surface area contributed by atoms with E-state index in [4.69, 9.17) is 4.42 Å².